The summed E-state index contributed by atoms with van der Waals surface area (Å²) < 4.78 is 10.6. The first-order valence-corrected chi connectivity index (χ1v) is 7.28. The molecule has 0 spiro atoms. The molecule has 0 amide bonds. The lowest BCUT2D eigenvalue weighted by atomic mass is 10.1. The third-order valence-electron chi connectivity index (χ3n) is 3.47. The van der Waals surface area contributed by atoms with Gasteiger partial charge in [-0.15, -0.1) is 0 Å². The van der Waals surface area contributed by atoms with Crippen molar-refractivity contribution in [3.05, 3.63) is 88.3 Å². The van der Waals surface area contributed by atoms with E-state index in [0.29, 0.717) is 5.76 Å². The Kier molecular flexibility index (Phi) is 4.39. The molecule has 0 N–H and O–H groups in total. The molecule has 0 radical (unpaired) electrons. The van der Waals surface area contributed by atoms with Crippen molar-refractivity contribution >= 4 is 12.2 Å². The molecular weight excluding hydrogens is 288 g/mol. The first-order chi connectivity index (χ1) is 11.3. The summed E-state index contributed by atoms with van der Waals surface area (Å²) in [4.78, 5) is 11.6. The zero-order valence-electron chi connectivity index (χ0n) is 12.7. The Bertz CT molecular complexity index is 859. The maximum Gasteiger partial charge on any atom is 0.336 e. The van der Waals surface area contributed by atoms with Crippen LogP contribution in [0.1, 0.15) is 11.1 Å². The topological polar surface area (TPSA) is 39.4 Å². The lowest BCUT2D eigenvalue weighted by molar-refractivity contribution is 0.415. The van der Waals surface area contributed by atoms with Gasteiger partial charge in [0, 0.05) is 17.2 Å². The van der Waals surface area contributed by atoms with Gasteiger partial charge in [-0.1, -0.05) is 42.5 Å². The van der Waals surface area contributed by atoms with Crippen molar-refractivity contribution in [3.63, 3.8) is 0 Å². The second-order valence-electron chi connectivity index (χ2n) is 5.01. The number of rotatable bonds is 4. The maximum absolute atomic E-state index is 11.6. The lowest BCUT2D eigenvalue weighted by Crippen LogP contribution is -1.98. The van der Waals surface area contributed by atoms with Gasteiger partial charge in [0.1, 0.15) is 11.5 Å². The van der Waals surface area contributed by atoms with Crippen molar-refractivity contribution in [2.24, 2.45) is 0 Å². The molecule has 3 rings (SSSR count). The largest absolute Gasteiger partial charge is 0.497 e. The zero-order chi connectivity index (χ0) is 16.1. The van der Waals surface area contributed by atoms with E-state index in [-0.39, 0.29) is 5.63 Å². The highest BCUT2D eigenvalue weighted by Crippen LogP contribution is 2.26. The van der Waals surface area contributed by atoms with Crippen molar-refractivity contribution in [3.8, 4) is 17.1 Å². The molecule has 23 heavy (non-hydrogen) atoms. The van der Waals surface area contributed by atoms with E-state index in [9.17, 15) is 4.79 Å². The first-order valence-electron chi connectivity index (χ1n) is 7.28. The molecule has 0 saturated heterocycles. The molecule has 0 bridgehead atoms. The average molecular weight is 304 g/mol. The van der Waals surface area contributed by atoms with Gasteiger partial charge in [-0.25, -0.2) is 4.79 Å². The van der Waals surface area contributed by atoms with E-state index in [1.165, 1.54) is 6.07 Å². The molecule has 1 heterocycles. The van der Waals surface area contributed by atoms with E-state index in [1.54, 1.807) is 13.2 Å². The van der Waals surface area contributed by atoms with Crippen LogP contribution in [-0.2, 0) is 0 Å². The summed E-state index contributed by atoms with van der Waals surface area (Å²) in [7, 11) is 1.62. The molecule has 0 fully saturated rings. The highest BCUT2D eigenvalue weighted by atomic mass is 16.5. The second-order valence-corrected chi connectivity index (χ2v) is 5.01. The van der Waals surface area contributed by atoms with Gasteiger partial charge in [-0.2, -0.15) is 0 Å². The Morgan fingerprint density at radius 3 is 2.30 bits per heavy atom. The molecule has 3 heteroatoms. The fourth-order valence-corrected chi connectivity index (χ4v) is 2.28. The van der Waals surface area contributed by atoms with Crippen LogP contribution in [0.3, 0.4) is 0 Å². The van der Waals surface area contributed by atoms with Crippen LogP contribution in [0.25, 0.3) is 23.5 Å². The molecule has 0 aliphatic rings. The van der Waals surface area contributed by atoms with Gasteiger partial charge in [0.2, 0.25) is 0 Å². The van der Waals surface area contributed by atoms with Gasteiger partial charge in [-0.3, -0.25) is 0 Å². The van der Waals surface area contributed by atoms with Gasteiger partial charge in [-0.05, 0) is 35.9 Å². The van der Waals surface area contributed by atoms with Crippen molar-refractivity contribution in [2.75, 3.05) is 7.11 Å². The minimum atomic E-state index is -0.368. The summed E-state index contributed by atoms with van der Waals surface area (Å²) >= 11 is 0. The quantitative estimate of drug-likeness (QED) is 0.713. The van der Waals surface area contributed by atoms with E-state index in [2.05, 4.69) is 0 Å². The number of methoxy groups -OCH3 is 1. The van der Waals surface area contributed by atoms with Gasteiger partial charge in [0.15, 0.2) is 0 Å². The second kappa shape index (κ2) is 6.79. The molecule has 3 aromatic rings. The summed E-state index contributed by atoms with van der Waals surface area (Å²) in [5, 5.41) is 0. The molecule has 2 aromatic carbocycles. The first kappa shape index (κ1) is 14.9. The summed E-state index contributed by atoms with van der Waals surface area (Å²) in [5.74, 6) is 1.31. The van der Waals surface area contributed by atoms with Crippen LogP contribution in [0, 0.1) is 0 Å². The number of ether oxygens (including phenoxy) is 1. The zero-order valence-corrected chi connectivity index (χ0v) is 12.7. The maximum atomic E-state index is 11.6. The lowest BCUT2D eigenvalue weighted by Gasteiger charge is -2.05. The fourth-order valence-electron chi connectivity index (χ4n) is 2.28. The van der Waals surface area contributed by atoms with Crippen LogP contribution < -0.4 is 10.4 Å². The van der Waals surface area contributed by atoms with Gasteiger partial charge < -0.3 is 9.15 Å². The average Bonchev–Trinajstić information content (AvgIpc) is 2.61. The molecule has 1 aromatic heterocycles. The third-order valence-corrected chi connectivity index (χ3v) is 3.47. The minimum Gasteiger partial charge on any atom is -0.497 e. The van der Waals surface area contributed by atoms with E-state index < -0.39 is 0 Å². The molecule has 3 nitrogen and oxygen atoms in total. The molecule has 0 atom stereocenters. The Labute approximate surface area is 134 Å². The molecule has 0 aliphatic heterocycles. The predicted molar refractivity (Wildman–Crippen MR) is 92.3 cm³/mol. The minimum absolute atomic E-state index is 0.368. The SMILES string of the molecule is COc1ccc(-c2oc(=O)ccc2/C=C/c2ccccc2)cc1. The van der Waals surface area contributed by atoms with Crippen LogP contribution in [0.15, 0.2) is 75.9 Å². The van der Waals surface area contributed by atoms with Crippen LogP contribution in [0.5, 0.6) is 5.75 Å². The summed E-state index contributed by atoms with van der Waals surface area (Å²) in [6.07, 6.45) is 3.93. The Balaban J connectivity index is 2.00. The van der Waals surface area contributed by atoms with E-state index in [4.69, 9.17) is 9.15 Å². The Morgan fingerprint density at radius 2 is 1.61 bits per heavy atom. The van der Waals surface area contributed by atoms with E-state index in [1.807, 2.05) is 66.7 Å². The van der Waals surface area contributed by atoms with E-state index in [0.717, 1.165) is 22.4 Å². The Morgan fingerprint density at radius 1 is 0.870 bits per heavy atom. The van der Waals surface area contributed by atoms with Gasteiger partial charge in [0.05, 0.1) is 7.11 Å². The van der Waals surface area contributed by atoms with Crippen molar-refractivity contribution in [1.29, 1.82) is 0 Å². The monoisotopic (exact) mass is 304 g/mol. The fraction of sp³-hybridized carbons (Fsp3) is 0.0500. The summed E-state index contributed by atoms with van der Waals surface area (Å²) in [6.45, 7) is 0. The van der Waals surface area contributed by atoms with Crippen LogP contribution >= 0.6 is 0 Å². The normalized spacial score (nSPS) is 10.8. The van der Waals surface area contributed by atoms with Crippen LogP contribution in [0.2, 0.25) is 0 Å². The summed E-state index contributed by atoms with van der Waals surface area (Å²) in [5.41, 5.74) is 2.39. The van der Waals surface area contributed by atoms with Crippen molar-refractivity contribution in [2.45, 2.75) is 0 Å². The molecule has 114 valence electrons. The molecule has 0 unspecified atom stereocenters. The number of hydrogen-bond acceptors (Lipinski definition) is 3. The number of hydrogen-bond donors (Lipinski definition) is 0. The van der Waals surface area contributed by atoms with Crippen LogP contribution in [-0.4, -0.2) is 7.11 Å². The van der Waals surface area contributed by atoms with Gasteiger partial charge >= 0.3 is 5.63 Å². The summed E-state index contributed by atoms with van der Waals surface area (Å²) in [6, 6.07) is 20.6. The standard InChI is InChI=1S/C20H16O3/c1-22-18-12-9-17(10-13-18)20-16(11-14-19(21)23-20)8-7-15-5-3-2-4-6-15/h2-14H,1H3/b8-7+. The van der Waals surface area contributed by atoms with Crippen molar-refractivity contribution < 1.29 is 9.15 Å². The van der Waals surface area contributed by atoms with E-state index >= 15 is 0 Å². The van der Waals surface area contributed by atoms with Gasteiger partial charge in [0.25, 0.3) is 0 Å². The van der Waals surface area contributed by atoms with Crippen LogP contribution in [0.4, 0.5) is 0 Å². The highest BCUT2D eigenvalue weighted by Gasteiger charge is 2.07. The Hall–Kier alpha value is -3.07. The molecule has 0 aliphatic carbocycles. The van der Waals surface area contributed by atoms with Crippen molar-refractivity contribution in [1.82, 2.24) is 0 Å². The molecular formula is C20H16O3. The third kappa shape index (κ3) is 3.58. The highest BCUT2D eigenvalue weighted by molar-refractivity contribution is 5.77. The predicted octanol–water partition coefficient (Wildman–Crippen LogP) is 4.49. The smallest absolute Gasteiger partial charge is 0.336 e. The number of benzene rings is 2. The molecule has 0 saturated carbocycles.